The lowest BCUT2D eigenvalue weighted by atomic mass is 9.49. The van der Waals surface area contributed by atoms with Gasteiger partial charge in [0.1, 0.15) is 5.01 Å². The minimum Gasteiger partial charge on any atom is -0.464 e. The minimum absolute atomic E-state index is 0.162. The quantitative estimate of drug-likeness (QED) is 0.488. The highest BCUT2D eigenvalue weighted by molar-refractivity contribution is 7.09. The zero-order valence-electron chi connectivity index (χ0n) is 16.8. The first-order valence-corrected chi connectivity index (χ1v) is 11.2. The molecule has 0 aromatic carbocycles. The molecule has 4 fully saturated rings. The van der Waals surface area contributed by atoms with Crippen LogP contribution >= 0.6 is 11.3 Å². The highest BCUT2D eigenvalue weighted by Crippen LogP contribution is 2.60. The van der Waals surface area contributed by atoms with Crippen LogP contribution in [0.4, 0.5) is 0 Å². The van der Waals surface area contributed by atoms with Crippen LogP contribution in [0.5, 0.6) is 0 Å². The van der Waals surface area contributed by atoms with Crippen molar-refractivity contribution in [2.24, 2.45) is 23.2 Å². The molecule has 28 heavy (non-hydrogen) atoms. The van der Waals surface area contributed by atoms with E-state index in [1.807, 2.05) is 4.90 Å². The maximum Gasteiger partial charge on any atom is 0.357 e. The Morgan fingerprint density at radius 2 is 1.82 bits per heavy atom. The van der Waals surface area contributed by atoms with Crippen molar-refractivity contribution >= 4 is 23.2 Å². The number of thiazole rings is 1. The summed E-state index contributed by atoms with van der Waals surface area (Å²) in [4.78, 5) is 31.8. The van der Waals surface area contributed by atoms with E-state index < -0.39 is 5.97 Å². The van der Waals surface area contributed by atoms with Crippen molar-refractivity contribution in [3.63, 3.8) is 0 Å². The Kier molecular flexibility index (Phi) is 5.74. The number of carbonyl (C=O) groups excluding carboxylic acids is 2. The topological polar surface area (TPSA) is 68.7 Å². The molecule has 154 valence electrons. The smallest absolute Gasteiger partial charge is 0.357 e. The maximum atomic E-state index is 13.8. The Hall–Kier alpha value is -1.47. The first-order chi connectivity index (χ1) is 13.5. The molecule has 0 saturated heterocycles. The van der Waals surface area contributed by atoms with E-state index in [0.29, 0.717) is 31.3 Å². The first kappa shape index (κ1) is 19.8. The summed E-state index contributed by atoms with van der Waals surface area (Å²) < 4.78 is 9.96. The van der Waals surface area contributed by atoms with Crippen molar-refractivity contribution in [3.8, 4) is 0 Å². The summed E-state index contributed by atoms with van der Waals surface area (Å²) >= 11 is 1.42. The van der Waals surface area contributed by atoms with E-state index in [4.69, 9.17) is 9.47 Å². The van der Waals surface area contributed by atoms with Crippen molar-refractivity contribution < 1.29 is 19.1 Å². The van der Waals surface area contributed by atoms with Crippen LogP contribution < -0.4 is 0 Å². The van der Waals surface area contributed by atoms with Gasteiger partial charge in [0.15, 0.2) is 5.69 Å². The number of aromatic nitrogens is 1. The fraction of sp³-hybridized carbons (Fsp3) is 0.762. The number of esters is 1. The molecule has 0 unspecified atom stereocenters. The van der Waals surface area contributed by atoms with Crippen molar-refractivity contribution in [3.05, 3.63) is 16.1 Å². The predicted molar refractivity (Wildman–Crippen MR) is 106 cm³/mol. The number of amides is 1. The molecule has 4 bridgehead atoms. The number of ether oxygens (including phenoxy) is 2. The van der Waals surface area contributed by atoms with Crippen molar-refractivity contribution in [2.75, 3.05) is 27.4 Å². The largest absolute Gasteiger partial charge is 0.464 e. The van der Waals surface area contributed by atoms with Gasteiger partial charge >= 0.3 is 5.97 Å². The molecule has 1 heterocycles. The third-order valence-corrected chi connectivity index (χ3v) is 7.66. The molecular weight excluding hydrogens is 376 g/mol. The third-order valence-electron chi connectivity index (χ3n) is 6.83. The molecule has 4 aliphatic carbocycles. The minimum atomic E-state index is -0.430. The second-order valence-electron chi connectivity index (χ2n) is 8.89. The molecule has 0 aliphatic heterocycles. The van der Waals surface area contributed by atoms with Gasteiger partial charge in [-0.1, -0.05) is 0 Å². The third kappa shape index (κ3) is 3.83. The Morgan fingerprint density at radius 1 is 1.18 bits per heavy atom. The van der Waals surface area contributed by atoms with Gasteiger partial charge in [0.2, 0.25) is 5.91 Å². The molecule has 1 amide bonds. The van der Waals surface area contributed by atoms with Crippen LogP contribution in [0.25, 0.3) is 0 Å². The molecular formula is C21H30N2O4S. The lowest BCUT2D eigenvalue weighted by molar-refractivity contribution is -0.158. The number of methoxy groups -OCH3 is 2. The van der Waals surface area contributed by atoms with Gasteiger partial charge in [-0.05, 0) is 62.7 Å². The number of rotatable bonds is 8. The SMILES string of the molecule is COCCCN(Cc1nc(C(=O)OC)cs1)C(=O)C12CC3CC(CC(C3)C1)C2. The van der Waals surface area contributed by atoms with Gasteiger partial charge in [-0.2, -0.15) is 0 Å². The van der Waals surface area contributed by atoms with Gasteiger partial charge in [-0.15, -0.1) is 11.3 Å². The fourth-order valence-corrected chi connectivity index (χ4v) is 6.88. The van der Waals surface area contributed by atoms with E-state index in [0.717, 1.165) is 48.4 Å². The number of hydrogen-bond acceptors (Lipinski definition) is 6. The lowest BCUT2D eigenvalue weighted by Gasteiger charge is -2.56. The summed E-state index contributed by atoms with van der Waals surface area (Å²) in [7, 11) is 3.05. The zero-order chi connectivity index (χ0) is 19.7. The summed E-state index contributed by atoms with van der Waals surface area (Å²) in [6.45, 7) is 1.77. The summed E-state index contributed by atoms with van der Waals surface area (Å²) in [5, 5.41) is 2.50. The average molecular weight is 407 g/mol. The lowest BCUT2D eigenvalue weighted by Crippen LogP contribution is -2.54. The Bertz CT molecular complexity index is 696. The molecule has 4 saturated carbocycles. The number of carbonyl (C=O) groups is 2. The summed E-state index contributed by atoms with van der Waals surface area (Å²) in [6, 6.07) is 0. The molecule has 7 heteroatoms. The molecule has 1 aromatic rings. The van der Waals surface area contributed by atoms with Gasteiger partial charge in [-0.3, -0.25) is 4.79 Å². The van der Waals surface area contributed by atoms with Gasteiger partial charge in [0, 0.05) is 25.6 Å². The van der Waals surface area contributed by atoms with Crippen LogP contribution in [0.2, 0.25) is 0 Å². The van der Waals surface area contributed by atoms with E-state index in [-0.39, 0.29) is 5.41 Å². The Balaban J connectivity index is 1.51. The van der Waals surface area contributed by atoms with Gasteiger partial charge in [-0.25, -0.2) is 9.78 Å². The van der Waals surface area contributed by atoms with Crippen LogP contribution in [0.3, 0.4) is 0 Å². The predicted octanol–water partition coefficient (Wildman–Crippen LogP) is 3.51. The standard InChI is InChI=1S/C21H30N2O4S/c1-26-5-3-4-23(12-18-22-17(13-28-18)19(24)27-2)20(25)21-9-14-6-15(10-21)8-16(7-14)11-21/h13-16H,3-12H2,1-2H3. The second kappa shape index (κ2) is 8.11. The van der Waals surface area contributed by atoms with Crippen LogP contribution in [-0.2, 0) is 20.8 Å². The molecule has 6 nitrogen and oxygen atoms in total. The Morgan fingerprint density at radius 3 is 2.39 bits per heavy atom. The number of hydrogen-bond donors (Lipinski definition) is 0. The zero-order valence-corrected chi connectivity index (χ0v) is 17.6. The molecule has 5 rings (SSSR count). The average Bonchev–Trinajstić information content (AvgIpc) is 3.14. The van der Waals surface area contributed by atoms with Crippen molar-refractivity contribution in [1.82, 2.24) is 9.88 Å². The maximum absolute atomic E-state index is 13.8. The van der Waals surface area contributed by atoms with E-state index in [1.165, 1.54) is 37.7 Å². The molecule has 0 atom stereocenters. The molecule has 0 radical (unpaired) electrons. The molecule has 4 aliphatic rings. The molecule has 0 N–H and O–H groups in total. The van der Waals surface area contributed by atoms with Crippen LogP contribution in [0, 0.1) is 23.2 Å². The summed E-state index contributed by atoms with van der Waals surface area (Å²) in [5.74, 6) is 2.09. The van der Waals surface area contributed by atoms with Crippen LogP contribution in [-0.4, -0.2) is 49.1 Å². The van der Waals surface area contributed by atoms with Crippen molar-refractivity contribution in [1.29, 1.82) is 0 Å². The molecule has 1 aromatic heterocycles. The van der Waals surface area contributed by atoms with Crippen LogP contribution in [0.1, 0.15) is 60.4 Å². The van der Waals surface area contributed by atoms with E-state index >= 15 is 0 Å². The number of nitrogens with zero attached hydrogens (tertiary/aromatic N) is 2. The van der Waals surface area contributed by atoms with Crippen molar-refractivity contribution in [2.45, 2.75) is 51.5 Å². The van der Waals surface area contributed by atoms with Gasteiger partial charge in [0.05, 0.1) is 19.1 Å². The van der Waals surface area contributed by atoms with E-state index in [1.54, 1.807) is 12.5 Å². The highest BCUT2D eigenvalue weighted by atomic mass is 32.1. The van der Waals surface area contributed by atoms with Gasteiger partial charge < -0.3 is 14.4 Å². The highest BCUT2D eigenvalue weighted by Gasteiger charge is 2.55. The van der Waals surface area contributed by atoms with Crippen LogP contribution in [0.15, 0.2) is 5.38 Å². The normalized spacial score (nSPS) is 30.4. The second-order valence-corrected chi connectivity index (χ2v) is 9.83. The first-order valence-electron chi connectivity index (χ1n) is 10.3. The fourth-order valence-electron chi connectivity index (χ4n) is 6.11. The summed E-state index contributed by atoms with van der Waals surface area (Å²) in [6.07, 6.45) is 7.96. The van der Waals surface area contributed by atoms with E-state index in [2.05, 4.69) is 4.98 Å². The van der Waals surface area contributed by atoms with E-state index in [9.17, 15) is 9.59 Å². The molecule has 0 spiro atoms. The monoisotopic (exact) mass is 406 g/mol. The summed E-state index contributed by atoms with van der Waals surface area (Å²) in [5.41, 5.74) is 0.158. The Labute approximate surface area is 170 Å². The van der Waals surface area contributed by atoms with Gasteiger partial charge in [0.25, 0.3) is 0 Å².